The van der Waals surface area contributed by atoms with E-state index >= 15 is 0 Å². The van der Waals surface area contributed by atoms with E-state index in [2.05, 4.69) is 5.48 Å². The summed E-state index contributed by atoms with van der Waals surface area (Å²) in [5, 5.41) is 0.560. The third kappa shape index (κ3) is 3.48. The zero-order valence-corrected chi connectivity index (χ0v) is 10.0. The molecule has 1 aromatic carbocycles. The molecule has 16 heavy (non-hydrogen) atoms. The number of methoxy groups -OCH3 is 1. The van der Waals surface area contributed by atoms with Crippen molar-refractivity contribution in [1.29, 1.82) is 0 Å². The van der Waals surface area contributed by atoms with Crippen LogP contribution in [0.5, 0.6) is 0 Å². The summed E-state index contributed by atoms with van der Waals surface area (Å²) >= 11 is 5.90. The maximum atomic E-state index is 11.6. The Morgan fingerprint density at radius 2 is 2.19 bits per heavy atom. The van der Waals surface area contributed by atoms with Crippen LogP contribution in [-0.4, -0.2) is 26.2 Å². The number of nitrogens with one attached hydrogen (secondary N) is 1. The third-order valence-electron chi connectivity index (χ3n) is 2.07. The van der Waals surface area contributed by atoms with Crippen molar-refractivity contribution in [2.24, 2.45) is 0 Å². The normalized spacial score (nSPS) is 10.2. The molecule has 0 atom stereocenters. The third-order valence-corrected chi connectivity index (χ3v) is 2.48. The highest BCUT2D eigenvalue weighted by atomic mass is 35.5. The van der Waals surface area contributed by atoms with E-state index in [1.165, 1.54) is 0 Å². The van der Waals surface area contributed by atoms with E-state index in [9.17, 15) is 4.79 Å². The molecule has 88 valence electrons. The average molecular weight is 244 g/mol. The van der Waals surface area contributed by atoms with Gasteiger partial charge in [-0.05, 0) is 24.6 Å². The van der Waals surface area contributed by atoms with Gasteiger partial charge in [-0.25, -0.2) is 5.48 Å². The highest BCUT2D eigenvalue weighted by Crippen LogP contribution is 2.18. The van der Waals surface area contributed by atoms with E-state index in [4.69, 9.17) is 21.2 Å². The lowest BCUT2D eigenvalue weighted by Crippen LogP contribution is -2.26. The molecule has 1 rings (SSSR count). The summed E-state index contributed by atoms with van der Waals surface area (Å²) in [6, 6.07) is 5.15. The van der Waals surface area contributed by atoms with Gasteiger partial charge >= 0.3 is 0 Å². The summed E-state index contributed by atoms with van der Waals surface area (Å²) in [5.74, 6) is -0.309. The lowest BCUT2D eigenvalue weighted by molar-refractivity contribution is 0.00885. The van der Waals surface area contributed by atoms with Crippen molar-refractivity contribution in [3.8, 4) is 0 Å². The fraction of sp³-hybridized carbons (Fsp3) is 0.364. The topological polar surface area (TPSA) is 47.6 Å². The predicted octanol–water partition coefficient (Wildman–Crippen LogP) is 1.96. The van der Waals surface area contributed by atoms with Gasteiger partial charge in [0, 0.05) is 17.7 Å². The Hall–Kier alpha value is -1.10. The Morgan fingerprint density at radius 1 is 1.44 bits per heavy atom. The SMILES string of the molecule is COCCONC(=O)c1cccc(Cl)c1C. The molecule has 0 bridgehead atoms. The molecule has 0 unspecified atom stereocenters. The second-order valence-electron chi connectivity index (χ2n) is 3.18. The number of carbonyl (C=O) groups excluding carboxylic acids is 1. The molecule has 0 saturated carbocycles. The van der Waals surface area contributed by atoms with Crippen LogP contribution in [0.1, 0.15) is 15.9 Å². The molecule has 1 amide bonds. The van der Waals surface area contributed by atoms with Gasteiger partial charge in [0.25, 0.3) is 5.91 Å². The molecule has 0 aliphatic heterocycles. The minimum atomic E-state index is -0.309. The number of hydrogen-bond donors (Lipinski definition) is 1. The van der Waals surface area contributed by atoms with Gasteiger partial charge < -0.3 is 4.74 Å². The number of halogens is 1. The molecule has 4 nitrogen and oxygen atoms in total. The number of rotatable bonds is 5. The van der Waals surface area contributed by atoms with Crippen LogP contribution in [0.25, 0.3) is 0 Å². The van der Waals surface area contributed by atoms with Crippen LogP contribution in [0.15, 0.2) is 18.2 Å². The van der Waals surface area contributed by atoms with Gasteiger partial charge in [-0.2, -0.15) is 0 Å². The van der Waals surface area contributed by atoms with E-state index in [1.807, 2.05) is 0 Å². The van der Waals surface area contributed by atoms with Crippen molar-refractivity contribution in [1.82, 2.24) is 5.48 Å². The molecule has 0 radical (unpaired) electrons. The molecule has 0 spiro atoms. The molecule has 0 heterocycles. The van der Waals surface area contributed by atoms with Gasteiger partial charge in [0.05, 0.1) is 13.2 Å². The fourth-order valence-electron chi connectivity index (χ4n) is 1.15. The summed E-state index contributed by atoms with van der Waals surface area (Å²) in [4.78, 5) is 16.6. The van der Waals surface area contributed by atoms with Crippen molar-refractivity contribution in [2.45, 2.75) is 6.92 Å². The summed E-state index contributed by atoms with van der Waals surface area (Å²) in [6.07, 6.45) is 0. The molecule has 1 N–H and O–H groups in total. The van der Waals surface area contributed by atoms with Crippen molar-refractivity contribution in [3.05, 3.63) is 34.3 Å². The molecule has 0 aliphatic rings. The van der Waals surface area contributed by atoms with Crippen molar-refractivity contribution in [2.75, 3.05) is 20.3 Å². The number of ether oxygens (including phenoxy) is 1. The maximum Gasteiger partial charge on any atom is 0.275 e. The fourth-order valence-corrected chi connectivity index (χ4v) is 1.32. The van der Waals surface area contributed by atoms with Crippen LogP contribution in [0.3, 0.4) is 0 Å². The number of amides is 1. The summed E-state index contributed by atoms with van der Waals surface area (Å²) in [7, 11) is 1.56. The lowest BCUT2D eigenvalue weighted by atomic mass is 10.1. The zero-order chi connectivity index (χ0) is 12.0. The van der Waals surface area contributed by atoms with Gasteiger partial charge in [-0.3, -0.25) is 9.63 Å². The number of benzene rings is 1. The lowest BCUT2D eigenvalue weighted by Gasteiger charge is -2.08. The van der Waals surface area contributed by atoms with E-state index in [0.717, 1.165) is 5.56 Å². The van der Waals surface area contributed by atoms with Crippen LogP contribution in [0, 0.1) is 6.92 Å². The Morgan fingerprint density at radius 3 is 2.88 bits per heavy atom. The summed E-state index contributed by atoms with van der Waals surface area (Å²) in [6.45, 7) is 2.52. The standard InChI is InChI=1S/C11H14ClNO3/c1-8-9(4-3-5-10(8)12)11(14)13-16-7-6-15-2/h3-5H,6-7H2,1-2H3,(H,13,14). The first-order chi connectivity index (χ1) is 7.66. The van der Waals surface area contributed by atoms with Crippen LogP contribution >= 0.6 is 11.6 Å². The van der Waals surface area contributed by atoms with E-state index in [1.54, 1.807) is 32.2 Å². The van der Waals surface area contributed by atoms with E-state index in [0.29, 0.717) is 23.8 Å². The number of carbonyl (C=O) groups is 1. The molecule has 0 saturated heterocycles. The number of hydroxylamine groups is 1. The zero-order valence-electron chi connectivity index (χ0n) is 9.25. The molecule has 0 fully saturated rings. The van der Waals surface area contributed by atoms with Crippen molar-refractivity contribution >= 4 is 17.5 Å². The highest BCUT2D eigenvalue weighted by molar-refractivity contribution is 6.31. The van der Waals surface area contributed by atoms with Crippen molar-refractivity contribution < 1.29 is 14.4 Å². The minimum absolute atomic E-state index is 0.307. The Labute approximate surface area is 99.5 Å². The van der Waals surface area contributed by atoms with Gasteiger partial charge in [-0.1, -0.05) is 17.7 Å². The first-order valence-corrected chi connectivity index (χ1v) is 5.20. The molecule has 5 heteroatoms. The van der Waals surface area contributed by atoms with Gasteiger partial charge in [0.1, 0.15) is 0 Å². The first kappa shape index (κ1) is 13.0. The smallest absolute Gasteiger partial charge is 0.275 e. The quantitative estimate of drug-likeness (QED) is 0.635. The summed E-state index contributed by atoms with van der Waals surface area (Å²) < 4.78 is 4.77. The van der Waals surface area contributed by atoms with E-state index in [-0.39, 0.29) is 5.91 Å². The first-order valence-electron chi connectivity index (χ1n) is 4.83. The minimum Gasteiger partial charge on any atom is -0.382 e. The van der Waals surface area contributed by atoms with Gasteiger partial charge in [-0.15, -0.1) is 0 Å². The molecular formula is C11H14ClNO3. The second-order valence-corrected chi connectivity index (χ2v) is 3.59. The van der Waals surface area contributed by atoms with Crippen LogP contribution in [-0.2, 0) is 9.57 Å². The average Bonchev–Trinajstić information content (AvgIpc) is 2.28. The molecular weight excluding hydrogens is 230 g/mol. The van der Waals surface area contributed by atoms with Gasteiger partial charge in [0.2, 0.25) is 0 Å². The molecule has 0 aromatic heterocycles. The van der Waals surface area contributed by atoms with Crippen LogP contribution in [0.4, 0.5) is 0 Å². The highest BCUT2D eigenvalue weighted by Gasteiger charge is 2.10. The molecule has 1 aromatic rings. The Balaban J connectivity index is 2.56. The van der Waals surface area contributed by atoms with E-state index < -0.39 is 0 Å². The monoisotopic (exact) mass is 243 g/mol. The van der Waals surface area contributed by atoms with Crippen molar-refractivity contribution in [3.63, 3.8) is 0 Å². The molecule has 0 aliphatic carbocycles. The second kappa shape index (κ2) is 6.48. The summed E-state index contributed by atoms with van der Waals surface area (Å²) in [5.41, 5.74) is 3.56. The van der Waals surface area contributed by atoms with Gasteiger partial charge in [0.15, 0.2) is 0 Å². The van der Waals surface area contributed by atoms with Crippen LogP contribution < -0.4 is 5.48 Å². The van der Waals surface area contributed by atoms with Crippen LogP contribution in [0.2, 0.25) is 5.02 Å². The Bertz CT molecular complexity index is 368. The largest absolute Gasteiger partial charge is 0.382 e. The number of hydrogen-bond acceptors (Lipinski definition) is 3. The Kier molecular flexibility index (Phi) is 5.25. The predicted molar refractivity (Wildman–Crippen MR) is 61.5 cm³/mol. The maximum absolute atomic E-state index is 11.6.